The van der Waals surface area contributed by atoms with E-state index < -0.39 is 47.6 Å². The van der Waals surface area contributed by atoms with Crippen molar-refractivity contribution in [3.05, 3.63) is 92.1 Å². The van der Waals surface area contributed by atoms with Crippen LogP contribution in [0, 0.1) is 3.57 Å². The zero-order valence-electron chi connectivity index (χ0n) is 21.8. The first kappa shape index (κ1) is 32.0. The molecule has 222 valence electrons. The zero-order chi connectivity index (χ0) is 30.8. The molecule has 0 N–H and O–H groups in total. The topological polar surface area (TPSA) is 96.2 Å². The monoisotopic (exact) mass is 754 g/mol. The van der Waals surface area contributed by atoms with Crippen LogP contribution < -0.4 is 19.6 Å². The summed E-state index contributed by atoms with van der Waals surface area (Å²) in [6, 6.07) is 7.24. The molecule has 2 heterocycles. The lowest BCUT2D eigenvalue weighted by Gasteiger charge is -2.26. The Balaban J connectivity index is 1.98. The van der Waals surface area contributed by atoms with Crippen molar-refractivity contribution in [2.75, 3.05) is 19.8 Å². The summed E-state index contributed by atoms with van der Waals surface area (Å²) in [7, 11) is 0. The lowest BCUT2D eigenvalue weighted by molar-refractivity contribution is -0.145. The highest BCUT2D eigenvalue weighted by Crippen LogP contribution is 2.38. The van der Waals surface area contributed by atoms with E-state index in [4.69, 9.17) is 37.4 Å². The molecular weight excluding hydrogens is 735 g/mol. The van der Waals surface area contributed by atoms with Gasteiger partial charge in [0.15, 0.2) is 17.1 Å². The summed E-state index contributed by atoms with van der Waals surface area (Å²) in [6.45, 7) is 2.61. The Morgan fingerprint density at radius 3 is 2.38 bits per heavy atom. The van der Waals surface area contributed by atoms with Crippen molar-refractivity contribution < 1.29 is 37.0 Å². The molecule has 0 saturated carbocycles. The highest BCUT2D eigenvalue weighted by Gasteiger charge is 2.45. The van der Waals surface area contributed by atoms with Crippen molar-refractivity contribution in [2.45, 2.75) is 26.1 Å². The standard InChI is InChI=1S/C27H20Cl2F3IN2O6S/c1-3-39-19(36)12-41-22-14(9-16(29)11-17(22)33)10-18-24(37)35-21(13-5-7-15(28)8-6-13)20(25(38)40-4-2)23(27(30,31)32)34-26(35)42-18/h5-11,21H,3-4,12H2,1-2H3/b18-10-/t21-/m0/s1. The zero-order valence-corrected chi connectivity index (χ0v) is 26.2. The van der Waals surface area contributed by atoms with Gasteiger partial charge < -0.3 is 14.2 Å². The van der Waals surface area contributed by atoms with Gasteiger partial charge in [-0.25, -0.2) is 14.6 Å². The van der Waals surface area contributed by atoms with E-state index in [-0.39, 0.29) is 44.4 Å². The van der Waals surface area contributed by atoms with Gasteiger partial charge in [0.1, 0.15) is 5.75 Å². The molecule has 0 bridgehead atoms. The van der Waals surface area contributed by atoms with Crippen molar-refractivity contribution >= 4 is 75.1 Å². The molecule has 0 unspecified atom stereocenters. The van der Waals surface area contributed by atoms with Crippen molar-refractivity contribution in [3.63, 3.8) is 0 Å². The third-order valence-corrected chi connectivity index (χ3v) is 8.00. The maximum absolute atomic E-state index is 14.3. The van der Waals surface area contributed by atoms with E-state index in [1.54, 1.807) is 13.0 Å². The minimum absolute atomic E-state index is 0.0293. The van der Waals surface area contributed by atoms with Crippen LogP contribution in [0.15, 0.2) is 57.5 Å². The fourth-order valence-electron chi connectivity index (χ4n) is 4.12. The van der Waals surface area contributed by atoms with Crippen molar-refractivity contribution in [1.82, 2.24) is 4.57 Å². The van der Waals surface area contributed by atoms with Gasteiger partial charge in [0.05, 0.1) is 32.9 Å². The maximum Gasteiger partial charge on any atom is 0.434 e. The Kier molecular flexibility index (Phi) is 10.1. The number of rotatable bonds is 8. The van der Waals surface area contributed by atoms with Crippen LogP contribution >= 0.6 is 57.1 Å². The molecule has 42 heavy (non-hydrogen) atoms. The molecule has 1 aliphatic rings. The number of hydrogen-bond acceptors (Lipinski definition) is 8. The second kappa shape index (κ2) is 13.2. The maximum atomic E-state index is 14.3. The quantitative estimate of drug-likeness (QED) is 0.232. The largest absolute Gasteiger partial charge is 0.480 e. The van der Waals surface area contributed by atoms with Crippen LogP contribution in [0.25, 0.3) is 6.08 Å². The average Bonchev–Trinajstić information content (AvgIpc) is 3.22. The Hall–Kier alpha value is -2.88. The van der Waals surface area contributed by atoms with Crippen LogP contribution in [0.3, 0.4) is 0 Å². The molecule has 0 radical (unpaired) electrons. The molecule has 4 rings (SSSR count). The Bertz CT molecular complexity index is 1750. The van der Waals surface area contributed by atoms with E-state index in [1.807, 2.05) is 22.6 Å². The summed E-state index contributed by atoms with van der Waals surface area (Å²) in [6.07, 6.45) is -3.67. The Morgan fingerprint density at radius 2 is 1.76 bits per heavy atom. The lowest BCUT2D eigenvalue weighted by atomic mass is 9.95. The van der Waals surface area contributed by atoms with Gasteiger partial charge in [-0.15, -0.1) is 0 Å². The number of allylic oxidation sites excluding steroid dienone is 1. The Labute approximate surface area is 264 Å². The highest BCUT2D eigenvalue weighted by atomic mass is 127. The van der Waals surface area contributed by atoms with Crippen LogP contribution in [0.5, 0.6) is 5.75 Å². The molecule has 1 aliphatic heterocycles. The summed E-state index contributed by atoms with van der Waals surface area (Å²) in [5, 5.41) is 0.583. The van der Waals surface area contributed by atoms with E-state index in [2.05, 4.69) is 4.99 Å². The normalized spacial score (nSPS) is 15.2. The van der Waals surface area contributed by atoms with Gasteiger partial charge in [-0.05, 0) is 72.3 Å². The number of carbonyl (C=O) groups is 2. The number of esters is 2. The third kappa shape index (κ3) is 6.84. The number of fused-ring (bicyclic) bond motifs is 1. The SMILES string of the molecule is CCOC(=O)COc1c(I)cc(Cl)cc1/C=c1\sc2n(c1=O)[C@@H](c1ccc(Cl)cc1)C(C(=O)OCC)=C(C(F)(F)F)N=2. The summed E-state index contributed by atoms with van der Waals surface area (Å²) in [5.41, 5.74) is -2.56. The Morgan fingerprint density at radius 1 is 1.10 bits per heavy atom. The first-order chi connectivity index (χ1) is 19.8. The molecule has 1 atom stereocenters. The second-order valence-corrected chi connectivity index (χ2v) is 11.6. The molecule has 15 heteroatoms. The number of thiazole rings is 1. The van der Waals surface area contributed by atoms with E-state index in [9.17, 15) is 27.6 Å². The molecule has 0 saturated heterocycles. The van der Waals surface area contributed by atoms with Crippen molar-refractivity contribution in [2.24, 2.45) is 4.99 Å². The second-order valence-electron chi connectivity index (χ2n) is 8.51. The van der Waals surface area contributed by atoms with E-state index in [1.165, 1.54) is 43.3 Å². The predicted molar refractivity (Wildman–Crippen MR) is 159 cm³/mol. The first-order valence-electron chi connectivity index (χ1n) is 12.2. The van der Waals surface area contributed by atoms with E-state index in [0.717, 1.165) is 4.57 Å². The van der Waals surface area contributed by atoms with Gasteiger partial charge in [-0.1, -0.05) is 46.7 Å². The number of halogens is 6. The number of alkyl halides is 3. The minimum atomic E-state index is -5.04. The third-order valence-electron chi connectivity index (χ3n) is 5.74. The van der Waals surface area contributed by atoms with Crippen molar-refractivity contribution in [3.8, 4) is 5.75 Å². The smallest absolute Gasteiger partial charge is 0.434 e. The molecule has 1 aromatic heterocycles. The van der Waals surface area contributed by atoms with E-state index >= 15 is 0 Å². The van der Waals surface area contributed by atoms with Gasteiger partial charge in [0, 0.05) is 15.6 Å². The molecule has 8 nitrogen and oxygen atoms in total. The van der Waals surface area contributed by atoms with Crippen LogP contribution in [0.1, 0.15) is 31.0 Å². The summed E-state index contributed by atoms with van der Waals surface area (Å²) in [4.78, 5) is 42.1. The molecule has 2 aromatic carbocycles. The number of benzene rings is 2. The van der Waals surface area contributed by atoms with Gasteiger partial charge in [0.25, 0.3) is 5.56 Å². The van der Waals surface area contributed by atoms with Gasteiger partial charge in [-0.3, -0.25) is 9.36 Å². The molecule has 0 fully saturated rings. The first-order valence-corrected chi connectivity index (χ1v) is 14.8. The summed E-state index contributed by atoms with van der Waals surface area (Å²) >= 11 is 14.9. The molecule has 3 aromatic rings. The number of nitrogens with zero attached hydrogens (tertiary/aromatic N) is 2. The molecule has 0 spiro atoms. The number of aromatic nitrogens is 1. The van der Waals surface area contributed by atoms with Gasteiger partial charge >= 0.3 is 18.1 Å². The van der Waals surface area contributed by atoms with E-state index in [0.29, 0.717) is 19.9 Å². The number of ether oxygens (including phenoxy) is 3. The number of hydrogen-bond donors (Lipinski definition) is 0. The number of carbonyl (C=O) groups excluding carboxylic acids is 2. The average molecular weight is 755 g/mol. The summed E-state index contributed by atoms with van der Waals surface area (Å²) < 4.78 is 59.9. The van der Waals surface area contributed by atoms with Crippen molar-refractivity contribution in [1.29, 1.82) is 0 Å². The predicted octanol–water partition coefficient (Wildman–Crippen LogP) is 5.19. The van der Waals surface area contributed by atoms with Gasteiger partial charge in [-0.2, -0.15) is 13.2 Å². The molecule has 0 amide bonds. The fraction of sp³-hybridized carbons (Fsp3) is 0.259. The van der Waals surface area contributed by atoms with Gasteiger partial charge in [0.2, 0.25) is 0 Å². The summed E-state index contributed by atoms with van der Waals surface area (Å²) in [5.74, 6) is -1.68. The fourth-order valence-corrected chi connectivity index (χ4v) is 6.45. The highest BCUT2D eigenvalue weighted by molar-refractivity contribution is 14.1. The minimum Gasteiger partial charge on any atom is -0.480 e. The lowest BCUT2D eigenvalue weighted by Crippen LogP contribution is -2.41. The van der Waals surface area contributed by atoms with Crippen LogP contribution in [-0.2, 0) is 19.1 Å². The molecule has 0 aliphatic carbocycles. The van der Waals surface area contributed by atoms with Crippen LogP contribution in [0.4, 0.5) is 13.2 Å². The van der Waals surface area contributed by atoms with Crippen LogP contribution in [0.2, 0.25) is 10.0 Å². The van der Waals surface area contributed by atoms with Crippen LogP contribution in [-0.4, -0.2) is 42.5 Å². The molecular formula is C27H20Cl2F3IN2O6S.